The largest absolute Gasteiger partial charge is 0.344 e. The summed E-state index contributed by atoms with van der Waals surface area (Å²) >= 11 is 0. The Morgan fingerprint density at radius 3 is 2.59 bits per heavy atom. The fourth-order valence-electron chi connectivity index (χ4n) is 2.74. The summed E-state index contributed by atoms with van der Waals surface area (Å²) in [6.45, 7) is 4.29. The second-order valence-electron chi connectivity index (χ2n) is 4.85. The maximum atomic E-state index is 12.2. The van der Waals surface area contributed by atoms with Crippen LogP contribution in [0.2, 0.25) is 0 Å². The van der Waals surface area contributed by atoms with Crippen molar-refractivity contribution in [3.63, 3.8) is 0 Å². The molecule has 1 N–H and O–H groups in total. The quantitative estimate of drug-likeness (QED) is 0.743. The van der Waals surface area contributed by atoms with Crippen molar-refractivity contribution in [3.05, 3.63) is 0 Å². The molecule has 2 aliphatic heterocycles. The summed E-state index contributed by atoms with van der Waals surface area (Å²) in [6.07, 6.45) is 2.65. The highest BCUT2D eigenvalue weighted by Crippen LogP contribution is 2.21. The van der Waals surface area contributed by atoms with Gasteiger partial charge in [0, 0.05) is 20.1 Å². The van der Waals surface area contributed by atoms with Crippen LogP contribution < -0.4 is 5.32 Å². The van der Waals surface area contributed by atoms with E-state index in [0.717, 1.165) is 38.9 Å². The zero-order valence-corrected chi connectivity index (χ0v) is 10.6. The lowest BCUT2D eigenvalue weighted by molar-refractivity contribution is -0.145. The molecule has 0 aromatic rings. The molecule has 0 bridgehead atoms. The van der Waals surface area contributed by atoms with Gasteiger partial charge in [0.2, 0.25) is 11.8 Å². The fourth-order valence-corrected chi connectivity index (χ4v) is 2.74. The second kappa shape index (κ2) is 5.04. The highest BCUT2D eigenvalue weighted by Gasteiger charge is 2.40. The summed E-state index contributed by atoms with van der Waals surface area (Å²) in [5.74, 6) is 0.197. The minimum atomic E-state index is -0.214. The number of likely N-dealkylation sites (tertiary alicyclic amines) is 2. The monoisotopic (exact) mass is 239 g/mol. The Labute approximate surface area is 102 Å². The summed E-state index contributed by atoms with van der Waals surface area (Å²) in [7, 11) is 1.80. The van der Waals surface area contributed by atoms with Crippen molar-refractivity contribution in [3.8, 4) is 0 Å². The van der Waals surface area contributed by atoms with Gasteiger partial charge >= 0.3 is 0 Å². The van der Waals surface area contributed by atoms with Crippen LogP contribution in [-0.2, 0) is 9.59 Å². The minimum absolute atomic E-state index is 0.0903. The lowest BCUT2D eigenvalue weighted by atomic mass is 10.0. The molecule has 0 aromatic carbocycles. The van der Waals surface area contributed by atoms with Gasteiger partial charge in [-0.15, -0.1) is 0 Å². The third-order valence-corrected chi connectivity index (χ3v) is 3.70. The van der Waals surface area contributed by atoms with Gasteiger partial charge in [-0.2, -0.15) is 0 Å². The van der Waals surface area contributed by atoms with Gasteiger partial charge in [-0.25, -0.2) is 0 Å². The van der Waals surface area contributed by atoms with E-state index in [1.54, 1.807) is 16.8 Å². The standard InChI is InChI=1S/C12H21N3O2/c1-3-13-9-5-4-7-15(11(9)16)10-6-8-14(2)12(10)17/h9-10,13H,3-8H2,1-2H3. The Kier molecular flexibility index (Phi) is 3.66. The first kappa shape index (κ1) is 12.4. The molecule has 2 fully saturated rings. The van der Waals surface area contributed by atoms with E-state index in [0.29, 0.717) is 0 Å². The van der Waals surface area contributed by atoms with Gasteiger partial charge in [0.15, 0.2) is 0 Å². The number of hydrogen-bond donors (Lipinski definition) is 1. The Morgan fingerprint density at radius 2 is 2.00 bits per heavy atom. The Morgan fingerprint density at radius 1 is 1.24 bits per heavy atom. The molecular weight excluding hydrogens is 218 g/mol. The van der Waals surface area contributed by atoms with E-state index in [2.05, 4.69) is 5.32 Å². The molecule has 2 aliphatic rings. The number of carbonyl (C=O) groups is 2. The molecule has 2 unspecified atom stereocenters. The second-order valence-corrected chi connectivity index (χ2v) is 4.85. The van der Waals surface area contributed by atoms with Gasteiger partial charge in [-0.1, -0.05) is 6.92 Å². The van der Waals surface area contributed by atoms with Crippen LogP contribution in [-0.4, -0.2) is 60.4 Å². The van der Waals surface area contributed by atoms with Gasteiger partial charge in [0.05, 0.1) is 6.04 Å². The van der Waals surface area contributed by atoms with E-state index in [-0.39, 0.29) is 23.9 Å². The maximum absolute atomic E-state index is 12.2. The molecule has 2 saturated heterocycles. The van der Waals surface area contributed by atoms with Crippen molar-refractivity contribution >= 4 is 11.8 Å². The third-order valence-electron chi connectivity index (χ3n) is 3.70. The van der Waals surface area contributed by atoms with E-state index in [4.69, 9.17) is 0 Å². The third kappa shape index (κ3) is 2.29. The summed E-state index contributed by atoms with van der Waals surface area (Å²) in [4.78, 5) is 27.7. The summed E-state index contributed by atoms with van der Waals surface area (Å²) < 4.78 is 0. The molecule has 5 heteroatoms. The Hall–Kier alpha value is -1.10. The normalized spacial score (nSPS) is 30.2. The first-order valence-corrected chi connectivity index (χ1v) is 6.44. The zero-order chi connectivity index (χ0) is 12.4. The molecule has 2 atom stereocenters. The molecule has 0 aliphatic carbocycles. The van der Waals surface area contributed by atoms with E-state index in [1.165, 1.54) is 0 Å². The fraction of sp³-hybridized carbons (Fsp3) is 0.833. The molecule has 17 heavy (non-hydrogen) atoms. The Bertz CT molecular complexity index is 317. The maximum Gasteiger partial charge on any atom is 0.245 e. The smallest absolute Gasteiger partial charge is 0.245 e. The van der Waals surface area contributed by atoms with Crippen LogP contribution in [0.5, 0.6) is 0 Å². The lowest BCUT2D eigenvalue weighted by Crippen LogP contribution is -2.55. The van der Waals surface area contributed by atoms with E-state index in [1.807, 2.05) is 6.92 Å². The number of amides is 2. The molecule has 0 saturated carbocycles. The number of rotatable bonds is 3. The summed E-state index contributed by atoms with van der Waals surface area (Å²) in [5, 5.41) is 3.20. The van der Waals surface area contributed by atoms with Crippen LogP contribution in [0.1, 0.15) is 26.2 Å². The van der Waals surface area contributed by atoms with Gasteiger partial charge in [-0.3, -0.25) is 9.59 Å². The molecule has 0 aromatic heterocycles. The number of hydrogen-bond acceptors (Lipinski definition) is 3. The predicted octanol–water partition coefficient (Wildman–Crippen LogP) is -0.182. The molecule has 0 radical (unpaired) electrons. The van der Waals surface area contributed by atoms with Crippen LogP contribution in [0.15, 0.2) is 0 Å². The zero-order valence-electron chi connectivity index (χ0n) is 10.6. The van der Waals surface area contributed by atoms with Gasteiger partial charge < -0.3 is 15.1 Å². The molecule has 2 rings (SSSR count). The molecule has 2 heterocycles. The number of nitrogens with one attached hydrogen (secondary N) is 1. The number of nitrogens with zero attached hydrogens (tertiary/aromatic N) is 2. The lowest BCUT2D eigenvalue weighted by Gasteiger charge is -2.35. The highest BCUT2D eigenvalue weighted by atomic mass is 16.2. The predicted molar refractivity (Wildman–Crippen MR) is 64.5 cm³/mol. The first-order chi connectivity index (χ1) is 8.15. The van der Waals surface area contributed by atoms with E-state index < -0.39 is 0 Å². The van der Waals surface area contributed by atoms with Gasteiger partial charge in [-0.05, 0) is 25.8 Å². The summed E-state index contributed by atoms with van der Waals surface area (Å²) in [5.41, 5.74) is 0. The van der Waals surface area contributed by atoms with Crippen molar-refractivity contribution in [2.45, 2.75) is 38.3 Å². The van der Waals surface area contributed by atoms with Crippen molar-refractivity contribution in [1.29, 1.82) is 0 Å². The van der Waals surface area contributed by atoms with Crippen LogP contribution in [0.4, 0.5) is 0 Å². The van der Waals surface area contributed by atoms with Crippen molar-refractivity contribution in [2.75, 3.05) is 26.7 Å². The molecule has 5 nitrogen and oxygen atoms in total. The molecular formula is C12H21N3O2. The van der Waals surface area contributed by atoms with Crippen molar-refractivity contribution < 1.29 is 9.59 Å². The van der Waals surface area contributed by atoms with Crippen LogP contribution in [0.3, 0.4) is 0 Å². The first-order valence-electron chi connectivity index (χ1n) is 6.44. The molecule has 2 amide bonds. The van der Waals surface area contributed by atoms with Crippen molar-refractivity contribution in [2.24, 2.45) is 0 Å². The molecule has 0 spiro atoms. The van der Waals surface area contributed by atoms with E-state index >= 15 is 0 Å². The number of piperidine rings is 1. The minimum Gasteiger partial charge on any atom is -0.344 e. The van der Waals surface area contributed by atoms with Crippen molar-refractivity contribution in [1.82, 2.24) is 15.1 Å². The highest BCUT2D eigenvalue weighted by molar-refractivity contribution is 5.91. The van der Waals surface area contributed by atoms with Crippen LogP contribution in [0.25, 0.3) is 0 Å². The average Bonchev–Trinajstić information content (AvgIpc) is 2.64. The van der Waals surface area contributed by atoms with Crippen LogP contribution in [0, 0.1) is 0 Å². The number of carbonyl (C=O) groups excluding carboxylic acids is 2. The van der Waals surface area contributed by atoms with Gasteiger partial charge in [0.25, 0.3) is 0 Å². The SMILES string of the molecule is CCNC1CCCN(C2CCN(C)C2=O)C1=O. The van der Waals surface area contributed by atoms with Gasteiger partial charge in [0.1, 0.15) is 6.04 Å². The van der Waals surface area contributed by atoms with E-state index in [9.17, 15) is 9.59 Å². The molecule has 96 valence electrons. The average molecular weight is 239 g/mol. The Balaban J connectivity index is 2.05. The topological polar surface area (TPSA) is 52.6 Å². The van der Waals surface area contributed by atoms with Crippen LogP contribution >= 0.6 is 0 Å². The number of likely N-dealkylation sites (N-methyl/N-ethyl adjacent to an activating group) is 2. The summed E-state index contributed by atoms with van der Waals surface area (Å²) in [6, 6.07) is -0.304.